The van der Waals surface area contributed by atoms with E-state index in [1.54, 1.807) is 48.5 Å². The first kappa shape index (κ1) is 29.2. The zero-order valence-electron chi connectivity index (χ0n) is 21.7. The highest BCUT2D eigenvalue weighted by atomic mass is 79.9. The molecule has 1 saturated heterocycles. The first-order valence-corrected chi connectivity index (χ1v) is 15.2. The molecule has 2 aliphatic heterocycles. The Kier molecular flexibility index (Phi) is 7.69. The van der Waals surface area contributed by atoms with E-state index in [0.29, 0.717) is 21.2 Å². The highest BCUT2D eigenvalue weighted by molar-refractivity contribution is 9.10. The monoisotopic (exact) mass is 689 g/mol. The number of anilines is 2. The normalized spacial score (nSPS) is 19.6. The van der Waals surface area contributed by atoms with Crippen molar-refractivity contribution in [1.82, 2.24) is 4.98 Å². The van der Waals surface area contributed by atoms with Gasteiger partial charge in [-0.3, -0.25) is 19.2 Å². The van der Waals surface area contributed by atoms with Crippen LogP contribution in [0.4, 0.5) is 24.5 Å². The van der Waals surface area contributed by atoms with Crippen molar-refractivity contribution < 1.29 is 32.3 Å². The van der Waals surface area contributed by atoms with Crippen LogP contribution >= 0.6 is 39.0 Å². The topological polar surface area (TPSA) is 109 Å². The second-order valence-electron chi connectivity index (χ2n) is 9.69. The van der Waals surface area contributed by atoms with Crippen LogP contribution < -0.4 is 19.8 Å². The van der Waals surface area contributed by atoms with E-state index in [1.165, 1.54) is 28.8 Å². The van der Waals surface area contributed by atoms with E-state index in [2.05, 4.69) is 26.2 Å². The van der Waals surface area contributed by atoms with Gasteiger partial charge in [-0.25, -0.2) is 4.90 Å². The number of halogens is 4. The van der Waals surface area contributed by atoms with E-state index < -0.39 is 41.3 Å². The number of thiazole rings is 1. The fraction of sp³-hybridized carbons (Fsp3) is 0.172. The van der Waals surface area contributed by atoms with Crippen molar-refractivity contribution in [3.63, 3.8) is 0 Å². The fourth-order valence-corrected chi connectivity index (χ4v) is 7.95. The molecule has 3 amide bonds. The molecule has 8 nitrogen and oxygen atoms in total. The maximum absolute atomic E-state index is 13.8. The van der Waals surface area contributed by atoms with Gasteiger partial charge in [0.15, 0.2) is 6.61 Å². The van der Waals surface area contributed by atoms with Crippen molar-refractivity contribution in [2.24, 2.45) is 5.92 Å². The van der Waals surface area contributed by atoms with Crippen LogP contribution in [0.15, 0.2) is 87.1 Å². The molecule has 2 aliphatic rings. The number of imide groups is 1. The molecule has 0 aliphatic carbocycles. The summed E-state index contributed by atoms with van der Waals surface area (Å²) < 4.78 is 46.0. The van der Waals surface area contributed by atoms with Gasteiger partial charge in [0.2, 0.25) is 11.8 Å². The Morgan fingerprint density at radius 1 is 0.977 bits per heavy atom. The molecule has 0 spiro atoms. The molecule has 0 radical (unpaired) electrons. The number of aromatic nitrogens is 1. The second kappa shape index (κ2) is 11.3. The number of hydrogen-bond donors (Lipinski definition) is 2. The lowest BCUT2D eigenvalue weighted by Crippen LogP contribution is -2.32. The zero-order valence-corrected chi connectivity index (χ0v) is 24.9. The van der Waals surface area contributed by atoms with Crippen LogP contribution in [0.25, 0.3) is 0 Å². The lowest BCUT2D eigenvalue weighted by atomic mass is 9.83. The van der Waals surface area contributed by atoms with Crippen molar-refractivity contribution in [2.75, 3.05) is 16.8 Å². The number of rotatable bonds is 6. The lowest BCUT2D eigenvalue weighted by molar-refractivity contribution is -0.137. The molecule has 0 bridgehead atoms. The van der Waals surface area contributed by atoms with Gasteiger partial charge < -0.3 is 15.0 Å². The number of benzene rings is 3. The van der Waals surface area contributed by atoms with Crippen molar-refractivity contribution in [3.05, 3.63) is 103 Å². The van der Waals surface area contributed by atoms with Crippen LogP contribution in [0.2, 0.25) is 0 Å². The van der Waals surface area contributed by atoms with Gasteiger partial charge in [-0.2, -0.15) is 13.2 Å². The smallest absolute Gasteiger partial charge is 0.418 e. The van der Waals surface area contributed by atoms with Crippen molar-refractivity contribution in [1.29, 1.82) is 0 Å². The van der Waals surface area contributed by atoms with Crippen molar-refractivity contribution >= 4 is 68.1 Å². The average Bonchev–Trinajstić information content (AvgIpc) is 3.46. The second-order valence-corrected chi connectivity index (χ2v) is 12.8. The first-order chi connectivity index (χ1) is 20.5. The van der Waals surface area contributed by atoms with Gasteiger partial charge in [-0.15, -0.1) is 0 Å². The van der Waals surface area contributed by atoms with Gasteiger partial charge in [0.25, 0.3) is 5.91 Å². The molecule has 1 aromatic heterocycles. The number of fused-ring (bicyclic) bond motifs is 2. The van der Waals surface area contributed by atoms with Crippen LogP contribution in [0.5, 0.6) is 5.75 Å². The van der Waals surface area contributed by atoms with Crippen LogP contribution in [0.1, 0.15) is 21.9 Å². The summed E-state index contributed by atoms with van der Waals surface area (Å²) in [6.45, 7) is -0.547. The summed E-state index contributed by atoms with van der Waals surface area (Å²) in [5.41, 5.74) is -0.246. The third-order valence-electron chi connectivity index (χ3n) is 7.02. The Morgan fingerprint density at radius 2 is 1.67 bits per heavy atom. The molecule has 0 saturated carbocycles. The Morgan fingerprint density at radius 3 is 2.37 bits per heavy atom. The lowest BCUT2D eigenvalue weighted by Gasteiger charge is -2.29. The van der Waals surface area contributed by atoms with Crippen LogP contribution in [-0.2, 0) is 20.6 Å². The number of carbonyl (C=O) groups excluding carboxylic acids is 3. The maximum atomic E-state index is 13.8. The summed E-state index contributed by atoms with van der Waals surface area (Å²) in [6, 6.07) is 18.0. The molecule has 2 unspecified atom stereocenters. The van der Waals surface area contributed by atoms with Gasteiger partial charge >= 0.3 is 11.0 Å². The molecular weight excluding hydrogens is 671 g/mol. The first-order valence-electron chi connectivity index (χ1n) is 12.7. The largest absolute Gasteiger partial charge is 0.484 e. The number of H-pyrrole nitrogens is 1. The number of carbonyl (C=O) groups is 3. The molecule has 3 atom stereocenters. The summed E-state index contributed by atoms with van der Waals surface area (Å²) in [5.74, 6) is -2.64. The average molecular weight is 691 g/mol. The summed E-state index contributed by atoms with van der Waals surface area (Å²) >= 11 is 5.51. The summed E-state index contributed by atoms with van der Waals surface area (Å²) in [6.07, 6.45) is -4.63. The standard InChI is InChI=1S/C29H19BrF3N3O5S2/c30-15-7-9-16(10-8-15)36-26(38)22-21(23-25(35-28(40)43-23)42-24(22)27(36)39)14-5-11-17(12-6-14)41-13-20(37)34-19-4-2-1-3-18(19)29(31,32)33/h1-12,21-22,24H,13H2,(H,34,37)(H,35,40)/t21-,22?,24?/m1/s1. The van der Waals surface area contributed by atoms with E-state index in [4.69, 9.17) is 4.74 Å². The summed E-state index contributed by atoms with van der Waals surface area (Å²) in [5, 5.41) is 2.01. The van der Waals surface area contributed by atoms with Crippen LogP contribution in [0.3, 0.4) is 0 Å². The van der Waals surface area contributed by atoms with E-state index in [9.17, 15) is 32.3 Å². The molecule has 1 fully saturated rings. The van der Waals surface area contributed by atoms with E-state index in [0.717, 1.165) is 27.9 Å². The number of thioether (sulfide) groups is 1. The predicted octanol–water partition coefficient (Wildman–Crippen LogP) is 6.03. The minimum atomic E-state index is -4.63. The van der Waals surface area contributed by atoms with Crippen LogP contribution in [0, 0.1) is 5.92 Å². The number of alkyl halides is 3. The maximum Gasteiger partial charge on any atom is 0.418 e. The van der Waals surface area contributed by atoms with E-state index in [1.807, 2.05) is 0 Å². The number of hydrogen-bond acceptors (Lipinski definition) is 7. The number of amides is 3. The highest BCUT2D eigenvalue weighted by Gasteiger charge is 2.56. The van der Waals surface area contributed by atoms with E-state index >= 15 is 0 Å². The number of para-hydroxylation sites is 1. The van der Waals surface area contributed by atoms with Gasteiger partial charge in [0.1, 0.15) is 11.0 Å². The number of ether oxygens (including phenoxy) is 1. The van der Waals surface area contributed by atoms with Gasteiger partial charge in [0, 0.05) is 15.3 Å². The fourth-order valence-electron chi connectivity index (χ4n) is 5.17. The van der Waals surface area contributed by atoms with Gasteiger partial charge in [-0.05, 0) is 54.1 Å². The molecule has 3 heterocycles. The van der Waals surface area contributed by atoms with Crippen LogP contribution in [-0.4, -0.2) is 34.6 Å². The summed E-state index contributed by atoms with van der Waals surface area (Å²) in [7, 11) is 0. The molecule has 4 aromatic rings. The zero-order chi connectivity index (χ0) is 30.5. The number of nitrogens with one attached hydrogen (secondary N) is 2. The van der Waals surface area contributed by atoms with Crippen molar-refractivity contribution in [3.8, 4) is 5.75 Å². The molecular formula is C29H19BrF3N3O5S2. The van der Waals surface area contributed by atoms with Gasteiger partial charge in [-0.1, -0.05) is 63.3 Å². The number of nitrogens with zero attached hydrogens (tertiary/aromatic N) is 1. The molecule has 43 heavy (non-hydrogen) atoms. The Bertz CT molecular complexity index is 1790. The van der Waals surface area contributed by atoms with E-state index in [-0.39, 0.29) is 28.1 Å². The predicted molar refractivity (Wildman–Crippen MR) is 159 cm³/mol. The van der Waals surface area contributed by atoms with Gasteiger partial charge in [0.05, 0.1) is 27.9 Å². The highest BCUT2D eigenvalue weighted by Crippen LogP contribution is 2.53. The summed E-state index contributed by atoms with van der Waals surface area (Å²) in [4.78, 5) is 56.2. The third-order valence-corrected chi connectivity index (χ3v) is 9.95. The molecule has 6 rings (SSSR count). The quantitative estimate of drug-likeness (QED) is 0.240. The molecule has 2 N–H and O–H groups in total. The molecule has 220 valence electrons. The van der Waals surface area contributed by atoms with Crippen molar-refractivity contribution in [2.45, 2.75) is 22.4 Å². The minimum absolute atomic E-state index is 0.262. The SMILES string of the molecule is O=C(COc1ccc([C@H]2c3sc(=O)[nH]c3SC3C(=O)N(c4ccc(Br)cc4)C(=O)C32)cc1)Nc1ccccc1C(F)(F)F. The molecule has 3 aromatic carbocycles. The number of aromatic amines is 1. The molecule has 14 heteroatoms. The minimum Gasteiger partial charge on any atom is -0.484 e. The Hall–Kier alpha value is -3.88. The third kappa shape index (κ3) is 5.61. The Balaban J connectivity index is 1.22. The Labute approximate surface area is 258 Å².